The Morgan fingerprint density at radius 1 is 1.19 bits per heavy atom. The fourth-order valence-corrected chi connectivity index (χ4v) is 2.62. The van der Waals surface area contributed by atoms with E-state index in [1.807, 2.05) is 36.1 Å². The average Bonchev–Trinajstić information content (AvgIpc) is 3.09. The van der Waals surface area contributed by atoms with Gasteiger partial charge in [-0.15, -0.1) is 0 Å². The lowest BCUT2D eigenvalue weighted by atomic mass is 10.2. The molecule has 0 radical (unpaired) electrons. The van der Waals surface area contributed by atoms with Crippen LogP contribution >= 0.6 is 0 Å². The summed E-state index contributed by atoms with van der Waals surface area (Å²) in [6, 6.07) is 8.24. The highest BCUT2D eigenvalue weighted by atomic mass is 15.3. The van der Waals surface area contributed by atoms with Gasteiger partial charge in [0.1, 0.15) is 5.65 Å². The Kier molecular flexibility index (Phi) is 3.75. The number of nitrogens with one attached hydrogen (secondary N) is 1. The molecule has 0 atom stereocenters. The molecule has 5 nitrogen and oxygen atoms in total. The molecule has 0 saturated carbocycles. The molecule has 0 fully saturated rings. The summed E-state index contributed by atoms with van der Waals surface area (Å²) in [5, 5.41) is 7.95. The quantitative estimate of drug-likeness (QED) is 0.782. The first-order valence-electron chi connectivity index (χ1n) is 7.47. The predicted molar refractivity (Wildman–Crippen MR) is 83.8 cm³/mol. The molecule has 0 saturated heterocycles. The van der Waals surface area contributed by atoms with Crippen molar-refractivity contribution in [2.45, 2.75) is 33.2 Å². The van der Waals surface area contributed by atoms with Crippen molar-refractivity contribution < 1.29 is 0 Å². The van der Waals surface area contributed by atoms with Gasteiger partial charge in [0.2, 0.25) is 0 Å². The molecule has 3 aromatic heterocycles. The van der Waals surface area contributed by atoms with Crippen LogP contribution in [-0.4, -0.2) is 26.2 Å². The van der Waals surface area contributed by atoms with Gasteiger partial charge in [0, 0.05) is 18.4 Å². The van der Waals surface area contributed by atoms with Crippen LogP contribution in [0.4, 0.5) is 0 Å². The van der Waals surface area contributed by atoms with E-state index in [1.165, 1.54) is 5.69 Å². The van der Waals surface area contributed by atoms with E-state index in [0.717, 1.165) is 42.2 Å². The fourth-order valence-electron chi connectivity index (χ4n) is 2.62. The second kappa shape index (κ2) is 5.69. The van der Waals surface area contributed by atoms with Crippen molar-refractivity contribution in [3.8, 4) is 5.82 Å². The number of imidazole rings is 1. The first-order valence-corrected chi connectivity index (χ1v) is 7.47. The molecule has 0 aliphatic rings. The van der Waals surface area contributed by atoms with Gasteiger partial charge >= 0.3 is 0 Å². The standard InChI is InChI=1S/C16H21N5/c1-4-12-10-13(5-2)21(19-12)16-14(11-17-3)20-9-7-6-8-15(20)18-16/h6-10,17H,4-5,11H2,1-3H3. The summed E-state index contributed by atoms with van der Waals surface area (Å²) < 4.78 is 4.12. The number of hydrogen-bond donors (Lipinski definition) is 1. The summed E-state index contributed by atoms with van der Waals surface area (Å²) in [6.45, 7) is 5.04. The zero-order valence-corrected chi connectivity index (χ0v) is 12.8. The average molecular weight is 283 g/mol. The molecule has 3 rings (SSSR count). The summed E-state index contributed by atoms with van der Waals surface area (Å²) in [5.74, 6) is 0.923. The molecule has 21 heavy (non-hydrogen) atoms. The Balaban J connectivity index is 2.23. The van der Waals surface area contributed by atoms with Crippen LogP contribution in [0, 0.1) is 0 Å². The second-order valence-electron chi connectivity index (χ2n) is 5.09. The van der Waals surface area contributed by atoms with E-state index in [0.29, 0.717) is 0 Å². The molecule has 5 heteroatoms. The number of rotatable bonds is 5. The van der Waals surface area contributed by atoms with Gasteiger partial charge in [-0.1, -0.05) is 19.9 Å². The third kappa shape index (κ3) is 2.34. The fraction of sp³-hybridized carbons (Fsp3) is 0.375. The zero-order chi connectivity index (χ0) is 14.8. The number of pyridine rings is 1. The van der Waals surface area contributed by atoms with Gasteiger partial charge in [0.15, 0.2) is 5.82 Å². The third-order valence-corrected chi connectivity index (χ3v) is 3.71. The number of aromatic nitrogens is 4. The van der Waals surface area contributed by atoms with Crippen LogP contribution < -0.4 is 5.32 Å². The van der Waals surface area contributed by atoms with Crippen molar-refractivity contribution in [1.29, 1.82) is 0 Å². The van der Waals surface area contributed by atoms with Crippen LogP contribution in [0.3, 0.4) is 0 Å². The van der Waals surface area contributed by atoms with E-state index in [-0.39, 0.29) is 0 Å². The lowest BCUT2D eigenvalue weighted by Crippen LogP contribution is -2.12. The molecule has 0 spiro atoms. The van der Waals surface area contributed by atoms with Gasteiger partial charge in [0.25, 0.3) is 0 Å². The van der Waals surface area contributed by atoms with Crippen molar-refractivity contribution in [1.82, 2.24) is 24.5 Å². The Morgan fingerprint density at radius 2 is 2.05 bits per heavy atom. The minimum atomic E-state index is 0.755. The SMILES string of the molecule is CCc1cc(CC)n(-c2nc3ccccn3c2CNC)n1. The summed E-state index contributed by atoms with van der Waals surface area (Å²) in [7, 11) is 1.95. The van der Waals surface area contributed by atoms with Crippen LogP contribution in [0.1, 0.15) is 30.9 Å². The number of fused-ring (bicyclic) bond motifs is 1. The maximum Gasteiger partial charge on any atom is 0.177 e. The summed E-state index contributed by atoms with van der Waals surface area (Å²) in [4.78, 5) is 4.78. The smallest absolute Gasteiger partial charge is 0.177 e. The van der Waals surface area contributed by atoms with E-state index >= 15 is 0 Å². The van der Waals surface area contributed by atoms with E-state index in [9.17, 15) is 0 Å². The molecule has 0 amide bonds. The molecular weight excluding hydrogens is 262 g/mol. The lowest BCUT2D eigenvalue weighted by molar-refractivity contribution is 0.731. The van der Waals surface area contributed by atoms with Crippen molar-refractivity contribution in [2.24, 2.45) is 0 Å². The van der Waals surface area contributed by atoms with E-state index < -0.39 is 0 Å². The molecule has 0 unspecified atom stereocenters. The summed E-state index contributed by atoms with van der Waals surface area (Å²) in [6.07, 6.45) is 3.93. The molecule has 0 aliphatic heterocycles. The van der Waals surface area contributed by atoms with Crippen LogP contribution in [0.2, 0.25) is 0 Å². The van der Waals surface area contributed by atoms with Gasteiger partial charge in [-0.3, -0.25) is 0 Å². The number of aryl methyl sites for hydroxylation is 2. The molecule has 3 aromatic rings. The first-order chi connectivity index (χ1) is 10.3. The zero-order valence-electron chi connectivity index (χ0n) is 12.8. The molecule has 0 bridgehead atoms. The Morgan fingerprint density at radius 3 is 2.76 bits per heavy atom. The number of nitrogens with zero attached hydrogens (tertiary/aromatic N) is 4. The second-order valence-corrected chi connectivity index (χ2v) is 5.09. The van der Waals surface area contributed by atoms with E-state index in [1.54, 1.807) is 0 Å². The minimum Gasteiger partial charge on any atom is -0.314 e. The van der Waals surface area contributed by atoms with Gasteiger partial charge in [-0.2, -0.15) is 5.10 Å². The largest absolute Gasteiger partial charge is 0.314 e. The first kappa shape index (κ1) is 13.8. The Labute approximate surface area is 124 Å². The monoisotopic (exact) mass is 283 g/mol. The summed E-state index contributed by atoms with van der Waals surface area (Å²) >= 11 is 0. The Hall–Kier alpha value is -2.14. The normalized spacial score (nSPS) is 11.4. The predicted octanol–water partition coefficient (Wildman–Crippen LogP) is 2.36. The van der Waals surface area contributed by atoms with Crippen molar-refractivity contribution in [3.05, 3.63) is 47.5 Å². The van der Waals surface area contributed by atoms with E-state index in [2.05, 4.69) is 29.6 Å². The van der Waals surface area contributed by atoms with Crippen LogP contribution in [0.25, 0.3) is 11.5 Å². The van der Waals surface area contributed by atoms with Crippen molar-refractivity contribution in [3.63, 3.8) is 0 Å². The molecular formula is C16H21N5. The highest BCUT2D eigenvalue weighted by Crippen LogP contribution is 2.19. The van der Waals surface area contributed by atoms with Gasteiger partial charge in [-0.05, 0) is 38.1 Å². The maximum atomic E-state index is 4.78. The van der Waals surface area contributed by atoms with Gasteiger partial charge in [0.05, 0.1) is 11.4 Å². The van der Waals surface area contributed by atoms with Crippen molar-refractivity contribution >= 4 is 5.65 Å². The van der Waals surface area contributed by atoms with Crippen LogP contribution in [0.15, 0.2) is 30.5 Å². The number of hydrogen-bond acceptors (Lipinski definition) is 3. The molecule has 0 aliphatic carbocycles. The maximum absolute atomic E-state index is 4.78. The summed E-state index contributed by atoms with van der Waals surface area (Å²) in [5.41, 5.74) is 4.40. The lowest BCUT2D eigenvalue weighted by Gasteiger charge is -2.06. The highest BCUT2D eigenvalue weighted by molar-refractivity contribution is 5.49. The van der Waals surface area contributed by atoms with Crippen LogP contribution in [0.5, 0.6) is 0 Å². The van der Waals surface area contributed by atoms with Gasteiger partial charge in [-0.25, -0.2) is 9.67 Å². The van der Waals surface area contributed by atoms with E-state index in [4.69, 9.17) is 10.1 Å². The molecule has 1 N–H and O–H groups in total. The van der Waals surface area contributed by atoms with Crippen LogP contribution in [-0.2, 0) is 19.4 Å². The molecule has 3 heterocycles. The third-order valence-electron chi connectivity index (χ3n) is 3.71. The minimum absolute atomic E-state index is 0.755. The molecule has 0 aromatic carbocycles. The van der Waals surface area contributed by atoms with Gasteiger partial charge < -0.3 is 9.72 Å². The topological polar surface area (TPSA) is 47.1 Å². The highest BCUT2D eigenvalue weighted by Gasteiger charge is 2.16. The van der Waals surface area contributed by atoms with Crippen molar-refractivity contribution in [2.75, 3.05) is 7.05 Å². The molecule has 110 valence electrons. The Bertz CT molecular complexity index is 753.